The minimum Gasteiger partial charge on any atom is -0.355 e. The van der Waals surface area contributed by atoms with Crippen LogP contribution in [0.4, 0.5) is 0 Å². The summed E-state index contributed by atoms with van der Waals surface area (Å²) in [5.41, 5.74) is 8.75. The van der Waals surface area contributed by atoms with E-state index in [0.717, 1.165) is 0 Å². The topological polar surface area (TPSA) is 20.7 Å². The molecule has 30 heavy (non-hydrogen) atoms. The van der Waals surface area contributed by atoms with Crippen LogP contribution in [0.5, 0.6) is 0 Å². The lowest BCUT2D eigenvalue weighted by Crippen LogP contribution is -2.00. The van der Waals surface area contributed by atoms with Crippen LogP contribution in [0.1, 0.15) is 25.1 Å². The molecule has 0 saturated heterocycles. The van der Waals surface area contributed by atoms with Gasteiger partial charge in [-0.15, -0.1) is 0 Å². The Kier molecular flexibility index (Phi) is 3.47. The molecule has 1 N–H and O–H groups in total. The molecule has 0 atom stereocenters. The lowest BCUT2D eigenvalue weighted by Gasteiger charge is -2.12. The van der Waals surface area contributed by atoms with Crippen LogP contribution in [0.3, 0.4) is 0 Å². The maximum Gasteiger partial charge on any atom is 0.0494 e. The van der Waals surface area contributed by atoms with E-state index in [0.29, 0.717) is 0 Å². The molecule has 1 aliphatic rings. The molecule has 0 radical (unpaired) electrons. The Hall–Kier alpha value is -3.52. The van der Waals surface area contributed by atoms with E-state index in [1.165, 1.54) is 55.1 Å². The number of benzene rings is 3. The lowest BCUT2D eigenvalue weighted by atomic mass is 9.93. The first-order valence-electron chi connectivity index (χ1n) is 10.5. The molecule has 1 aliphatic carbocycles. The molecule has 0 bridgehead atoms. The van der Waals surface area contributed by atoms with Crippen molar-refractivity contribution in [3.05, 3.63) is 84.1 Å². The average molecular weight is 389 g/mol. The van der Waals surface area contributed by atoms with Crippen LogP contribution in [0, 0.1) is 5.41 Å². The number of nitrogens with zero attached hydrogens (tertiary/aromatic N) is 1. The molecular formula is C28H24N2. The smallest absolute Gasteiger partial charge is 0.0494 e. The third-order valence-corrected chi connectivity index (χ3v) is 6.48. The van der Waals surface area contributed by atoms with Gasteiger partial charge in [0.2, 0.25) is 0 Å². The molecule has 0 unspecified atom stereocenters. The summed E-state index contributed by atoms with van der Waals surface area (Å²) >= 11 is 0. The first-order valence-corrected chi connectivity index (χ1v) is 10.5. The minimum atomic E-state index is 0.0835. The first kappa shape index (κ1) is 17.3. The van der Waals surface area contributed by atoms with E-state index in [1.54, 1.807) is 0 Å². The molecule has 2 aromatic heterocycles. The number of aromatic nitrogens is 2. The predicted molar refractivity (Wildman–Crippen MR) is 130 cm³/mol. The first-order chi connectivity index (χ1) is 14.5. The van der Waals surface area contributed by atoms with Gasteiger partial charge < -0.3 is 9.55 Å². The van der Waals surface area contributed by atoms with Crippen molar-refractivity contribution in [3.8, 4) is 11.1 Å². The highest BCUT2D eigenvalue weighted by atomic mass is 14.9. The van der Waals surface area contributed by atoms with Crippen LogP contribution in [0.25, 0.3) is 56.0 Å². The molecule has 0 spiro atoms. The Morgan fingerprint density at radius 1 is 0.733 bits per heavy atom. The predicted octanol–water partition coefficient (Wildman–Crippen LogP) is 7.55. The molecule has 2 heteroatoms. The third kappa shape index (κ3) is 2.50. The minimum absolute atomic E-state index is 0.0835. The number of aryl methyl sites for hydroxylation is 1. The molecule has 6 rings (SSSR count). The molecule has 2 nitrogen and oxygen atoms in total. The van der Waals surface area contributed by atoms with Gasteiger partial charge in [-0.3, -0.25) is 0 Å². The van der Waals surface area contributed by atoms with E-state index >= 15 is 0 Å². The third-order valence-electron chi connectivity index (χ3n) is 6.48. The van der Waals surface area contributed by atoms with Gasteiger partial charge >= 0.3 is 0 Å². The standard InChI is InChI=1S/C28H24N2/c1-28(2)14-12-21-20-10-8-18(16-25(20)29-24(21)13-15-28)19-9-11-23-22-6-4-5-7-26(22)30(3)27(23)17-19/h4-17,29H,1-3H3. The summed E-state index contributed by atoms with van der Waals surface area (Å²) in [5.74, 6) is 0. The van der Waals surface area contributed by atoms with Gasteiger partial charge in [-0.05, 0) is 35.4 Å². The second kappa shape index (κ2) is 5.99. The van der Waals surface area contributed by atoms with E-state index < -0.39 is 0 Å². The Labute approximate surface area is 176 Å². The van der Waals surface area contributed by atoms with Crippen LogP contribution in [0.2, 0.25) is 0 Å². The molecule has 146 valence electrons. The van der Waals surface area contributed by atoms with Crippen LogP contribution in [-0.4, -0.2) is 9.55 Å². The molecule has 0 saturated carbocycles. The van der Waals surface area contributed by atoms with Gasteiger partial charge in [-0.25, -0.2) is 0 Å². The fourth-order valence-electron chi connectivity index (χ4n) is 4.72. The van der Waals surface area contributed by atoms with Crippen molar-refractivity contribution in [1.82, 2.24) is 9.55 Å². The average Bonchev–Trinajstić information content (AvgIpc) is 3.20. The fourth-order valence-corrected chi connectivity index (χ4v) is 4.72. The number of nitrogens with one attached hydrogen (secondary N) is 1. The highest BCUT2D eigenvalue weighted by Gasteiger charge is 2.16. The zero-order chi connectivity index (χ0) is 20.5. The molecule has 0 fully saturated rings. The normalized spacial score (nSPS) is 15.2. The second-order valence-corrected chi connectivity index (χ2v) is 9.01. The number of fused-ring (bicyclic) bond motifs is 6. The maximum atomic E-state index is 3.63. The van der Waals surface area contributed by atoms with E-state index in [2.05, 4.69) is 115 Å². The second-order valence-electron chi connectivity index (χ2n) is 9.01. The van der Waals surface area contributed by atoms with Crippen LogP contribution < -0.4 is 0 Å². The van der Waals surface area contributed by atoms with Crippen molar-refractivity contribution in [3.63, 3.8) is 0 Å². The summed E-state index contributed by atoms with van der Waals surface area (Å²) in [6.45, 7) is 4.46. The number of H-pyrrole nitrogens is 1. The van der Waals surface area contributed by atoms with Crippen molar-refractivity contribution in [2.24, 2.45) is 12.5 Å². The van der Waals surface area contributed by atoms with Gasteiger partial charge in [-0.1, -0.05) is 74.5 Å². The highest BCUT2D eigenvalue weighted by Crippen LogP contribution is 2.35. The number of hydrogen-bond donors (Lipinski definition) is 1. The van der Waals surface area contributed by atoms with Gasteiger partial charge in [0.05, 0.1) is 0 Å². The Balaban J connectivity index is 1.51. The van der Waals surface area contributed by atoms with Gasteiger partial charge in [-0.2, -0.15) is 0 Å². The summed E-state index contributed by atoms with van der Waals surface area (Å²) in [6, 6.07) is 22.2. The number of allylic oxidation sites excluding steroid dienone is 2. The zero-order valence-electron chi connectivity index (χ0n) is 17.5. The molecule has 2 heterocycles. The van der Waals surface area contributed by atoms with E-state index in [4.69, 9.17) is 0 Å². The lowest BCUT2D eigenvalue weighted by molar-refractivity contribution is 0.633. The van der Waals surface area contributed by atoms with Gasteiger partial charge in [0.25, 0.3) is 0 Å². The highest BCUT2D eigenvalue weighted by molar-refractivity contribution is 6.09. The quantitative estimate of drug-likeness (QED) is 0.306. The number of hydrogen-bond acceptors (Lipinski definition) is 0. The zero-order valence-corrected chi connectivity index (χ0v) is 17.5. The molecular weight excluding hydrogens is 364 g/mol. The number of aromatic amines is 1. The van der Waals surface area contributed by atoms with Gasteiger partial charge in [0.1, 0.15) is 0 Å². The number of para-hydroxylation sites is 1. The van der Waals surface area contributed by atoms with E-state index in [-0.39, 0.29) is 5.41 Å². The molecule has 5 aromatic rings. The summed E-state index contributed by atoms with van der Waals surface area (Å²) < 4.78 is 2.29. The van der Waals surface area contributed by atoms with Crippen molar-refractivity contribution < 1.29 is 0 Å². The van der Waals surface area contributed by atoms with Crippen LogP contribution in [0.15, 0.2) is 72.8 Å². The SMILES string of the molecule is Cn1c2ccccc2c2ccc(-c3ccc4c5c([nH]c4c3)C=CC(C)(C)C=C5)cc21. The van der Waals surface area contributed by atoms with Crippen molar-refractivity contribution in [2.45, 2.75) is 13.8 Å². The van der Waals surface area contributed by atoms with E-state index in [1.807, 2.05) is 0 Å². The summed E-state index contributed by atoms with van der Waals surface area (Å²) in [5, 5.41) is 3.90. The van der Waals surface area contributed by atoms with Gasteiger partial charge in [0.15, 0.2) is 0 Å². The largest absolute Gasteiger partial charge is 0.355 e. The van der Waals surface area contributed by atoms with Crippen molar-refractivity contribution in [2.75, 3.05) is 0 Å². The summed E-state index contributed by atoms with van der Waals surface area (Å²) in [7, 11) is 2.15. The Bertz CT molecular complexity index is 1520. The molecule has 0 amide bonds. The summed E-state index contributed by atoms with van der Waals surface area (Å²) in [4.78, 5) is 3.63. The van der Waals surface area contributed by atoms with Crippen molar-refractivity contribution in [1.29, 1.82) is 0 Å². The molecule has 0 aliphatic heterocycles. The van der Waals surface area contributed by atoms with Crippen LogP contribution >= 0.6 is 0 Å². The summed E-state index contributed by atoms with van der Waals surface area (Å²) in [6.07, 6.45) is 9.02. The monoisotopic (exact) mass is 388 g/mol. The molecule has 3 aromatic carbocycles. The Morgan fingerprint density at radius 2 is 1.43 bits per heavy atom. The fraction of sp³-hybridized carbons (Fsp3) is 0.143. The Morgan fingerprint density at radius 3 is 2.30 bits per heavy atom. The van der Waals surface area contributed by atoms with Crippen molar-refractivity contribution >= 4 is 44.9 Å². The maximum absolute atomic E-state index is 3.63. The number of rotatable bonds is 1. The van der Waals surface area contributed by atoms with E-state index in [9.17, 15) is 0 Å². The van der Waals surface area contributed by atoms with Crippen LogP contribution in [-0.2, 0) is 7.05 Å². The van der Waals surface area contributed by atoms with Gasteiger partial charge in [0, 0.05) is 56.4 Å².